The number of hydrogen-bond donors (Lipinski definition) is 2. The van der Waals surface area contributed by atoms with E-state index in [0.717, 1.165) is 17.2 Å². The molecule has 0 spiro atoms. The molecular weight excluding hydrogens is 628 g/mol. The van der Waals surface area contributed by atoms with Gasteiger partial charge < -0.3 is 34.2 Å². The van der Waals surface area contributed by atoms with E-state index in [1.807, 2.05) is 0 Å². The molecule has 2 atom stereocenters. The topological polar surface area (TPSA) is 195 Å². The molecule has 2 aliphatic rings. The van der Waals surface area contributed by atoms with Crippen molar-refractivity contribution in [3.05, 3.63) is 85.5 Å². The zero-order valence-electron chi connectivity index (χ0n) is 27.0. The van der Waals surface area contributed by atoms with E-state index in [-0.39, 0.29) is 67.9 Å². The molecular formula is C33H40N4O11. The number of amides is 2. The molecule has 48 heavy (non-hydrogen) atoms. The number of nitrogens with zero attached hydrogens (tertiary/aromatic N) is 4. The Morgan fingerprint density at radius 3 is 1.71 bits per heavy atom. The van der Waals surface area contributed by atoms with E-state index >= 15 is 0 Å². The van der Waals surface area contributed by atoms with Crippen LogP contribution in [0.2, 0.25) is 0 Å². The number of benzene rings is 2. The minimum atomic E-state index is -0.667. The van der Waals surface area contributed by atoms with Crippen molar-refractivity contribution >= 4 is 23.2 Å². The van der Waals surface area contributed by atoms with E-state index in [9.17, 15) is 40.0 Å². The Morgan fingerprint density at radius 1 is 0.792 bits per heavy atom. The van der Waals surface area contributed by atoms with Crippen molar-refractivity contribution in [2.45, 2.75) is 51.1 Å². The van der Waals surface area contributed by atoms with E-state index in [1.54, 1.807) is 6.92 Å². The summed E-state index contributed by atoms with van der Waals surface area (Å²) in [6.07, 6.45) is 2.57. The van der Waals surface area contributed by atoms with Crippen LogP contribution >= 0.6 is 0 Å². The molecule has 15 nitrogen and oxygen atoms in total. The number of aryl methyl sites for hydroxylation is 1. The predicted molar refractivity (Wildman–Crippen MR) is 174 cm³/mol. The fourth-order valence-electron chi connectivity index (χ4n) is 5.91. The highest BCUT2D eigenvalue weighted by Gasteiger charge is 2.36. The van der Waals surface area contributed by atoms with Crippen LogP contribution in [0.3, 0.4) is 0 Å². The summed E-state index contributed by atoms with van der Waals surface area (Å²) in [5, 5.41) is 43.1. The number of nitro benzene ring substituents is 2. The maximum absolute atomic E-state index is 13.2. The van der Waals surface area contributed by atoms with Crippen LogP contribution in [0.1, 0.15) is 58.4 Å². The van der Waals surface area contributed by atoms with Gasteiger partial charge >= 0.3 is 0 Å². The van der Waals surface area contributed by atoms with Crippen LogP contribution in [0.25, 0.3) is 0 Å². The van der Waals surface area contributed by atoms with Gasteiger partial charge in [0.15, 0.2) is 11.5 Å². The molecule has 2 amide bonds. The molecule has 2 aromatic carbocycles. The molecule has 0 bridgehead atoms. The standard InChI is InChI=1S/C33H40N4O11/c1-20-10-23(18-38)34(16-20)32(40)25-12-22(3)29(14-27(25)36(42)43)47-8-6-5-7-9-48-31-15-28(37(44)45)26(13-30(31)46-4)33(41)35-17-21(2)11-24(35)19-39/h12-15,23-24,38-39H,1-2,5-11,16-19H2,3-4H3/t23-,24-/m0/s1. The van der Waals surface area contributed by atoms with Gasteiger partial charge in [-0.05, 0) is 50.7 Å². The van der Waals surface area contributed by atoms with Gasteiger partial charge in [0.1, 0.15) is 16.9 Å². The van der Waals surface area contributed by atoms with Gasteiger partial charge in [0, 0.05) is 19.2 Å². The third kappa shape index (κ3) is 7.91. The Morgan fingerprint density at radius 2 is 1.25 bits per heavy atom. The maximum Gasteiger partial charge on any atom is 0.286 e. The number of carbonyl (C=O) groups is 2. The molecule has 0 saturated carbocycles. The molecule has 2 aromatic rings. The van der Waals surface area contributed by atoms with Crippen molar-refractivity contribution in [2.75, 3.05) is 46.6 Å². The highest BCUT2D eigenvalue weighted by atomic mass is 16.6. The van der Waals surface area contributed by atoms with Gasteiger partial charge in [-0.1, -0.05) is 24.3 Å². The second-order valence-electron chi connectivity index (χ2n) is 11.9. The number of unbranched alkanes of at least 4 members (excludes halogenated alkanes) is 2. The number of carbonyl (C=O) groups excluding carboxylic acids is 2. The van der Waals surface area contributed by atoms with E-state index < -0.39 is 45.1 Å². The van der Waals surface area contributed by atoms with Gasteiger partial charge in [0.05, 0.1) is 67.6 Å². The van der Waals surface area contributed by atoms with Gasteiger partial charge in [-0.25, -0.2) is 0 Å². The maximum atomic E-state index is 13.2. The van der Waals surface area contributed by atoms with Crippen molar-refractivity contribution in [3.63, 3.8) is 0 Å². The van der Waals surface area contributed by atoms with Crippen LogP contribution in [0, 0.1) is 27.2 Å². The highest BCUT2D eigenvalue weighted by molar-refractivity contribution is 6.00. The monoisotopic (exact) mass is 668 g/mol. The zero-order valence-corrected chi connectivity index (χ0v) is 27.0. The summed E-state index contributed by atoms with van der Waals surface area (Å²) in [7, 11) is 1.36. The van der Waals surface area contributed by atoms with Crippen LogP contribution in [-0.2, 0) is 0 Å². The van der Waals surface area contributed by atoms with Crippen molar-refractivity contribution in [1.82, 2.24) is 9.80 Å². The molecule has 4 rings (SSSR count). The predicted octanol–water partition coefficient (Wildman–Crippen LogP) is 3.97. The normalized spacial score (nSPS) is 17.5. The minimum Gasteiger partial charge on any atom is -0.493 e. The third-order valence-corrected chi connectivity index (χ3v) is 8.39. The van der Waals surface area contributed by atoms with Crippen molar-refractivity contribution in [1.29, 1.82) is 0 Å². The Balaban J connectivity index is 1.33. The lowest BCUT2D eigenvalue weighted by Crippen LogP contribution is -2.38. The van der Waals surface area contributed by atoms with Crippen molar-refractivity contribution in [3.8, 4) is 17.2 Å². The highest BCUT2D eigenvalue weighted by Crippen LogP contribution is 2.37. The zero-order chi connectivity index (χ0) is 35.1. The van der Waals surface area contributed by atoms with E-state index in [0.29, 0.717) is 37.7 Å². The van der Waals surface area contributed by atoms with E-state index in [4.69, 9.17) is 14.2 Å². The smallest absolute Gasteiger partial charge is 0.286 e. The summed E-state index contributed by atoms with van der Waals surface area (Å²) < 4.78 is 17.0. The summed E-state index contributed by atoms with van der Waals surface area (Å²) in [5.41, 5.74) is 0.944. The number of aliphatic hydroxyl groups excluding tert-OH is 2. The SMILES string of the molecule is C=C1C[C@@H](CO)N(C(=O)c2cc(C)c(OCCCCCOc3cc([N+](=O)[O-])c(C(=O)N4CC(=C)C[C@H]4CO)cc3OC)cc2[N+](=O)[O-])C1. The van der Waals surface area contributed by atoms with Gasteiger partial charge in [-0.2, -0.15) is 0 Å². The average Bonchev–Trinajstić information content (AvgIpc) is 3.64. The Kier molecular flexibility index (Phi) is 11.7. The lowest BCUT2D eigenvalue weighted by atomic mass is 10.1. The Bertz CT molecular complexity index is 1610. The molecule has 2 saturated heterocycles. The largest absolute Gasteiger partial charge is 0.493 e. The molecule has 0 aliphatic carbocycles. The Labute approximate surface area is 277 Å². The number of nitro groups is 2. The number of likely N-dealkylation sites (tertiary alicyclic amines) is 2. The molecule has 2 heterocycles. The van der Waals surface area contributed by atoms with E-state index in [2.05, 4.69) is 13.2 Å². The third-order valence-electron chi connectivity index (χ3n) is 8.39. The Hall–Kier alpha value is -5.02. The molecule has 2 N–H and O–H groups in total. The van der Waals surface area contributed by atoms with Crippen molar-refractivity contribution in [2.24, 2.45) is 0 Å². The quantitative estimate of drug-likeness (QED) is 0.121. The van der Waals surface area contributed by atoms with Gasteiger partial charge in [-0.15, -0.1) is 0 Å². The average molecular weight is 669 g/mol. The number of hydrogen-bond acceptors (Lipinski definition) is 11. The van der Waals surface area contributed by atoms with Crippen LogP contribution in [0.15, 0.2) is 48.6 Å². The fourth-order valence-corrected chi connectivity index (χ4v) is 5.91. The number of ether oxygens (including phenoxy) is 3. The first kappa shape index (κ1) is 35.8. The summed E-state index contributed by atoms with van der Waals surface area (Å²) in [6, 6.07) is 4.10. The second-order valence-corrected chi connectivity index (χ2v) is 11.9. The first-order chi connectivity index (χ1) is 22.9. The number of aliphatic hydroxyl groups is 2. The van der Waals surface area contributed by atoms with Gasteiger partial charge in [0.25, 0.3) is 23.2 Å². The lowest BCUT2D eigenvalue weighted by Gasteiger charge is -2.23. The van der Waals surface area contributed by atoms with Crippen LogP contribution in [0.5, 0.6) is 17.2 Å². The molecule has 0 aromatic heterocycles. The molecule has 258 valence electrons. The van der Waals surface area contributed by atoms with Crippen LogP contribution in [-0.4, -0.2) is 100 Å². The molecule has 0 radical (unpaired) electrons. The van der Waals surface area contributed by atoms with Gasteiger partial charge in [0.2, 0.25) is 0 Å². The summed E-state index contributed by atoms with van der Waals surface area (Å²) in [5.74, 6) is -0.645. The van der Waals surface area contributed by atoms with Crippen LogP contribution in [0.4, 0.5) is 11.4 Å². The second kappa shape index (κ2) is 15.7. The van der Waals surface area contributed by atoms with Crippen LogP contribution < -0.4 is 14.2 Å². The first-order valence-electron chi connectivity index (χ1n) is 15.5. The van der Waals surface area contributed by atoms with E-state index in [1.165, 1.54) is 35.1 Å². The minimum absolute atomic E-state index is 0.0838. The molecule has 2 fully saturated rings. The summed E-state index contributed by atoms with van der Waals surface area (Å²) >= 11 is 0. The molecule has 2 aliphatic heterocycles. The van der Waals surface area contributed by atoms with Gasteiger partial charge in [-0.3, -0.25) is 29.8 Å². The first-order valence-corrected chi connectivity index (χ1v) is 15.5. The molecule has 0 unspecified atom stereocenters. The fraction of sp³-hybridized carbons (Fsp3) is 0.455. The number of methoxy groups -OCH3 is 1. The summed E-state index contributed by atoms with van der Waals surface area (Å²) in [4.78, 5) is 51.6. The number of rotatable bonds is 15. The lowest BCUT2D eigenvalue weighted by molar-refractivity contribution is -0.385. The molecule has 15 heteroatoms. The van der Waals surface area contributed by atoms with Crippen molar-refractivity contribution < 1.29 is 43.9 Å². The summed E-state index contributed by atoms with van der Waals surface area (Å²) in [6.45, 7) is 9.68.